The van der Waals surface area contributed by atoms with Crippen LogP contribution in [0.15, 0.2) is 39.8 Å². The maximum Gasteiger partial charge on any atom is 0.291 e. The summed E-state index contributed by atoms with van der Waals surface area (Å²) in [6.45, 7) is 0.816. The van der Waals surface area contributed by atoms with Gasteiger partial charge in [0.2, 0.25) is 5.09 Å². The molecule has 0 spiro atoms. The van der Waals surface area contributed by atoms with Crippen molar-refractivity contribution in [3.8, 4) is 0 Å². The Hall–Kier alpha value is -2.26. The molecule has 25 heavy (non-hydrogen) atoms. The van der Waals surface area contributed by atoms with Crippen LogP contribution in [0, 0.1) is 11.6 Å². The Balaban J connectivity index is 1.77. The van der Waals surface area contributed by atoms with Crippen molar-refractivity contribution in [2.75, 3.05) is 18.4 Å². The zero-order chi connectivity index (χ0) is 18.0. The lowest BCUT2D eigenvalue weighted by Gasteiger charge is -2.24. The molecule has 3 rings (SSSR count). The number of halogens is 2. The number of amides is 1. The minimum atomic E-state index is -3.80. The highest BCUT2D eigenvalue weighted by atomic mass is 32.2. The van der Waals surface area contributed by atoms with Gasteiger partial charge in [-0.3, -0.25) is 4.79 Å². The van der Waals surface area contributed by atoms with Crippen molar-refractivity contribution >= 4 is 21.6 Å². The summed E-state index contributed by atoms with van der Waals surface area (Å²) in [6, 6.07) is 5.08. The molecule has 1 N–H and O–H groups in total. The Bertz CT molecular complexity index is 889. The van der Waals surface area contributed by atoms with Gasteiger partial charge >= 0.3 is 0 Å². The summed E-state index contributed by atoms with van der Waals surface area (Å²) in [6.07, 6.45) is 2.52. The normalized spacial score (nSPS) is 15.9. The fraction of sp³-hybridized carbons (Fsp3) is 0.312. The quantitative estimate of drug-likeness (QED) is 0.897. The standard InChI is InChI=1S/C16H16F2N2O4S/c17-11-4-5-13(12(18)10-11)19-16(21)14-6-7-15(24-14)25(22,23)20-8-2-1-3-9-20/h4-7,10H,1-3,8-9H2,(H,19,21). The van der Waals surface area contributed by atoms with E-state index < -0.39 is 27.6 Å². The number of sulfonamides is 1. The van der Waals surface area contributed by atoms with E-state index >= 15 is 0 Å². The Labute approximate surface area is 143 Å². The van der Waals surface area contributed by atoms with Crippen LogP contribution in [-0.2, 0) is 10.0 Å². The molecule has 0 saturated carbocycles. The van der Waals surface area contributed by atoms with E-state index in [0.29, 0.717) is 19.2 Å². The van der Waals surface area contributed by atoms with E-state index in [-0.39, 0.29) is 16.5 Å². The van der Waals surface area contributed by atoms with Crippen molar-refractivity contribution in [2.45, 2.75) is 24.4 Å². The highest BCUT2D eigenvalue weighted by Crippen LogP contribution is 2.23. The van der Waals surface area contributed by atoms with Crippen LogP contribution < -0.4 is 5.32 Å². The van der Waals surface area contributed by atoms with Crippen LogP contribution >= 0.6 is 0 Å². The number of piperidine rings is 1. The number of nitrogens with one attached hydrogen (secondary N) is 1. The summed E-state index contributed by atoms with van der Waals surface area (Å²) in [4.78, 5) is 12.1. The molecule has 0 unspecified atom stereocenters. The smallest absolute Gasteiger partial charge is 0.291 e. The van der Waals surface area contributed by atoms with Crippen LogP contribution in [0.2, 0.25) is 0 Å². The van der Waals surface area contributed by atoms with Gasteiger partial charge in [0.05, 0.1) is 5.69 Å². The SMILES string of the molecule is O=C(Nc1ccc(F)cc1F)c1ccc(S(=O)(=O)N2CCCCC2)o1. The number of benzene rings is 1. The van der Waals surface area contributed by atoms with E-state index in [0.717, 1.165) is 31.4 Å². The minimum Gasteiger partial charge on any atom is -0.438 e. The summed E-state index contributed by atoms with van der Waals surface area (Å²) < 4.78 is 57.9. The molecule has 1 fully saturated rings. The first kappa shape index (κ1) is 17.6. The third-order valence-electron chi connectivity index (χ3n) is 3.89. The van der Waals surface area contributed by atoms with Crippen molar-refractivity contribution < 1.29 is 26.4 Å². The summed E-state index contributed by atoms with van der Waals surface area (Å²) in [5, 5.41) is 1.88. The molecule has 2 heterocycles. The largest absolute Gasteiger partial charge is 0.438 e. The van der Waals surface area contributed by atoms with Crippen LogP contribution in [0.5, 0.6) is 0 Å². The first-order valence-corrected chi connectivity index (χ1v) is 9.18. The predicted molar refractivity (Wildman–Crippen MR) is 85.6 cm³/mol. The van der Waals surface area contributed by atoms with Gasteiger partial charge < -0.3 is 9.73 Å². The molecular weight excluding hydrogens is 354 g/mol. The van der Waals surface area contributed by atoms with Crippen LogP contribution in [0.25, 0.3) is 0 Å². The van der Waals surface area contributed by atoms with Gasteiger partial charge in [-0.1, -0.05) is 6.42 Å². The van der Waals surface area contributed by atoms with Gasteiger partial charge in [-0.15, -0.1) is 0 Å². The molecule has 0 radical (unpaired) electrons. The van der Waals surface area contributed by atoms with E-state index in [9.17, 15) is 22.0 Å². The molecular formula is C16H16F2N2O4S. The van der Waals surface area contributed by atoms with E-state index in [1.54, 1.807) is 0 Å². The van der Waals surface area contributed by atoms with Gasteiger partial charge in [0.25, 0.3) is 15.9 Å². The molecule has 1 aromatic carbocycles. The highest BCUT2D eigenvalue weighted by molar-refractivity contribution is 7.89. The molecule has 134 valence electrons. The molecule has 1 aliphatic rings. The van der Waals surface area contributed by atoms with Crippen molar-refractivity contribution in [3.05, 3.63) is 47.7 Å². The Kier molecular flexibility index (Phi) is 4.87. The van der Waals surface area contributed by atoms with Crippen LogP contribution in [0.4, 0.5) is 14.5 Å². The van der Waals surface area contributed by atoms with E-state index in [4.69, 9.17) is 4.42 Å². The second-order valence-corrected chi connectivity index (χ2v) is 7.53. The third-order valence-corrected chi connectivity index (χ3v) is 5.67. The summed E-state index contributed by atoms with van der Waals surface area (Å²) >= 11 is 0. The highest BCUT2D eigenvalue weighted by Gasteiger charge is 2.29. The van der Waals surface area contributed by atoms with Crippen molar-refractivity contribution in [1.29, 1.82) is 0 Å². The Morgan fingerprint density at radius 1 is 1.08 bits per heavy atom. The van der Waals surface area contributed by atoms with Gasteiger partial charge in [0.15, 0.2) is 5.76 Å². The molecule has 9 heteroatoms. The predicted octanol–water partition coefficient (Wildman–Crippen LogP) is 2.98. The van der Waals surface area contributed by atoms with E-state index in [2.05, 4.69) is 5.32 Å². The summed E-state index contributed by atoms with van der Waals surface area (Å²) in [7, 11) is -3.80. The van der Waals surface area contributed by atoms with Gasteiger partial charge in [0, 0.05) is 19.2 Å². The first-order chi connectivity index (χ1) is 11.9. The van der Waals surface area contributed by atoms with E-state index in [1.165, 1.54) is 16.4 Å². The number of hydrogen-bond acceptors (Lipinski definition) is 4. The molecule has 1 amide bonds. The lowest BCUT2D eigenvalue weighted by atomic mass is 10.2. The van der Waals surface area contributed by atoms with Crippen LogP contribution in [0.1, 0.15) is 29.8 Å². The summed E-state index contributed by atoms with van der Waals surface area (Å²) in [5.41, 5.74) is -0.233. The molecule has 0 bridgehead atoms. The van der Waals surface area contributed by atoms with Crippen LogP contribution in [0.3, 0.4) is 0 Å². The van der Waals surface area contributed by atoms with Gasteiger partial charge in [0.1, 0.15) is 11.6 Å². The number of nitrogens with zero attached hydrogens (tertiary/aromatic N) is 1. The number of rotatable bonds is 4. The molecule has 0 aliphatic carbocycles. The number of carbonyl (C=O) groups excluding carboxylic acids is 1. The average Bonchev–Trinajstić information content (AvgIpc) is 3.09. The molecule has 1 saturated heterocycles. The van der Waals surface area contributed by atoms with Crippen LogP contribution in [-0.4, -0.2) is 31.7 Å². The maximum absolute atomic E-state index is 13.6. The number of hydrogen-bond donors (Lipinski definition) is 1. The third kappa shape index (κ3) is 3.72. The van der Waals surface area contributed by atoms with E-state index in [1.807, 2.05) is 0 Å². The number of furan rings is 1. The molecule has 2 aromatic rings. The molecule has 6 nitrogen and oxygen atoms in total. The van der Waals surface area contributed by atoms with Gasteiger partial charge in [-0.05, 0) is 37.1 Å². The first-order valence-electron chi connectivity index (χ1n) is 7.74. The summed E-state index contributed by atoms with van der Waals surface area (Å²) in [5.74, 6) is -2.82. The average molecular weight is 370 g/mol. The zero-order valence-corrected chi connectivity index (χ0v) is 14.0. The molecule has 0 atom stereocenters. The van der Waals surface area contributed by atoms with Gasteiger partial charge in [-0.2, -0.15) is 4.31 Å². The zero-order valence-electron chi connectivity index (χ0n) is 13.2. The fourth-order valence-electron chi connectivity index (χ4n) is 2.59. The second-order valence-electron chi connectivity index (χ2n) is 5.66. The van der Waals surface area contributed by atoms with Crippen molar-refractivity contribution in [3.63, 3.8) is 0 Å². The minimum absolute atomic E-state index is 0.233. The second kappa shape index (κ2) is 6.93. The molecule has 1 aromatic heterocycles. The maximum atomic E-state index is 13.6. The van der Waals surface area contributed by atoms with Crippen molar-refractivity contribution in [1.82, 2.24) is 4.31 Å². The Morgan fingerprint density at radius 2 is 1.80 bits per heavy atom. The lowest BCUT2D eigenvalue weighted by Crippen LogP contribution is -2.35. The Morgan fingerprint density at radius 3 is 2.48 bits per heavy atom. The number of carbonyl (C=O) groups is 1. The number of anilines is 1. The lowest BCUT2D eigenvalue weighted by molar-refractivity contribution is 0.0990. The fourth-order valence-corrected chi connectivity index (χ4v) is 4.02. The monoisotopic (exact) mass is 370 g/mol. The topological polar surface area (TPSA) is 79.6 Å². The molecule has 1 aliphatic heterocycles. The van der Waals surface area contributed by atoms with Crippen molar-refractivity contribution in [2.24, 2.45) is 0 Å². The van der Waals surface area contributed by atoms with Gasteiger partial charge in [-0.25, -0.2) is 17.2 Å².